The maximum atomic E-state index is 12.6. The molecule has 0 bridgehead atoms. The molecule has 1 unspecified atom stereocenters. The molecule has 1 aliphatic heterocycles. The molecule has 1 aliphatic rings. The molecule has 6 rings (SSSR count). The highest BCUT2D eigenvalue weighted by molar-refractivity contribution is 7.32. The molecular weight excluding hydrogens is 703 g/mol. The van der Waals surface area contributed by atoms with Gasteiger partial charge in [-0.25, -0.2) is 9.97 Å². The first-order valence-corrected chi connectivity index (χ1v) is 21.1. The number of nitrogens with one attached hydrogen (secondary N) is 1. The van der Waals surface area contributed by atoms with E-state index in [2.05, 4.69) is 48.8 Å². The maximum Gasteiger partial charge on any atom is 0.317 e. The zero-order chi connectivity index (χ0) is 37.3. The number of H-pyrrole nitrogens is 1. The molecule has 0 amide bonds. The van der Waals surface area contributed by atoms with Gasteiger partial charge < -0.3 is 33.3 Å². The van der Waals surface area contributed by atoms with E-state index in [-0.39, 0.29) is 22.8 Å². The average Bonchev–Trinajstić information content (AvgIpc) is 3.70. The largest absolute Gasteiger partial charge is 0.497 e. The quantitative estimate of drug-likeness (QED) is 0.0803. The first-order valence-electron chi connectivity index (χ1n) is 16.9. The number of benzene rings is 3. The zero-order valence-corrected chi connectivity index (χ0v) is 32.2. The van der Waals surface area contributed by atoms with Crippen molar-refractivity contribution in [2.45, 2.75) is 69.0 Å². The van der Waals surface area contributed by atoms with E-state index in [4.69, 9.17) is 27.9 Å². The van der Waals surface area contributed by atoms with Gasteiger partial charge >= 0.3 is 8.25 Å². The Bertz CT molecular complexity index is 2000. The summed E-state index contributed by atoms with van der Waals surface area (Å²) in [4.78, 5) is 34.0. The number of hydrogen-bond donors (Lipinski definition) is 2. The van der Waals surface area contributed by atoms with Crippen LogP contribution < -0.4 is 15.0 Å². The van der Waals surface area contributed by atoms with E-state index in [0.29, 0.717) is 11.5 Å². The molecule has 5 aromatic rings. The molecule has 276 valence electrons. The predicted octanol–water partition coefficient (Wildman–Crippen LogP) is 6.20. The first kappa shape index (κ1) is 37.6. The number of rotatable bonds is 13. The van der Waals surface area contributed by atoms with E-state index in [1.54, 1.807) is 18.8 Å². The lowest BCUT2D eigenvalue weighted by Crippen LogP contribution is -2.50. The monoisotopic (exact) mass is 748 g/mol. The highest BCUT2D eigenvalue weighted by Gasteiger charge is 2.53. The molecule has 2 aromatic heterocycles. The van der Waals surface area contributed by atoms with E-state index < -0.39 is 52.3 Å². The number of methoxy groups -OCH3 is 2. The highest BCUT2D eigenvalue weighted by atomic mass is 31.1. The van der Waals surface area contributed by atoms with E-state index in [1.165, 1.54) is 12.7 Å². The van der Waals surface area contributed by atoms with Crippen LogP contribution in [0.15, 0.2) is 96.3 Å². The van der Waals surface area contributed by atoms with E-state index in [9.17, 15) is 14.3 Å². The van der Waals surface area contributed by atoms with Crippen LogP contribution in [0.2, 0.25) is 18.1 Å². The van der Waals surface area contributed by atoms with Gasteiger partial charge in [-0.3, -0.25) is 18.5 Å². The van der Waals surface area contributed by atoms with Crippen LogP contribution in [0.4, 0.5) is 0 Å². The smallest absolute Gasteiger partial charge is 0.317 e. The summed E-state index contributed by atoms with van der Waals surface area (Å²) in [7, 11) is -2.86. The van der Waals surface area contributed by atoms with Crippen molar-refractivity contribution < 1.29 is 37.4 Å². The second-order valence-corrected chi connectivity index (χ2v) is 19.7. The van der Waals surface area contributed by atoms with E-state index >= 15 is 0 Å². The molecule has 13 nitrogen and oxygen atoms in total. The van der Waals surface area contributed by atoms with Gasteiger partial charge in [-0.15, -0.1) is 0 Å². The summed E-state index contributed by atoms with van der Waals surface area (Å²) >= 11 is 0. The SMILES string of the molecule is COc1ccc(C(OC[C@H]2O[C@@H](n3cnc4c(=O)[nH]cnc43)[C@H](O[PH](=O)O)[C@@H]2O[Si](C)(C)C(C)(C)C)(c2ccccc2)c2ccc(OC)cc2)cc1. The Morgan fingerprint density at radius 1 is 0.885 bits per heavy atom. The van der Waals surface area contributed by atoms with Crippen molar-refractivity contribution in [1.29, 1.82) is 0 Å². The Morgan fingerprint density at radius 3 is 2.00 bits per heavy atom. The molecule has 0 aliphatic carbocycles. The van der Waals surface area contributed by atoms with Crippen molar-refractivity contribution in [3.05, 3.63) is 119 Å². The van der Waals surface area contributed by atoms with Crippen molar-refractivity contribution in [1.82, 2.24) is 19.5 Å². The second kappa shape index (κ2) is 15.1. The minimum absolute atomic E-state index is 0.0460. The van der Waals surface area contributed by atoms with Crippen molar-refractivity contribution in [2.75, 3.05) is 20.8 Å². The summed E-state index contributed by atoms with van der Waals surface area (Å²) in [5.41, 5.74) is 1.18. The maximum absolute atomic E-state index is 12.6. The minimum Gasteiger partial charge on any atom is -0.497 e. The molecule has 3 aromatic carbocycles. The van der Waals surface area contributed by atoms with Gasteiger partial charge in [0.2, 0.25) is 0 Å². The van der Waals surface area contributed by atoms with Gasteiger partial charge in [-0.1, -0.05) is 75.4 Å². The van der Waals surface area contributed by atoms with E-state index in [0.717, 1.165) is 16.7 Å². The average molecular weight is 749 g/mol. The third-order valence-electron chi connectivity index (χ3n) is 10.0. The van der Waals surface area contributed by atoms with Crippen LogP contribution in [-0.4, -0.2) is 71.9 Å². The minimum atomic E-state index is -3.51. The number of aromatic amines is 1. The normalized spacial score (nSPS) is 20.2. The summed E-state index contributed by atoms with van der Waals surface area (Å²) in [6.07, 6.45) is -1.15. The molecule has 1 saturated heterocycles. The molecule has 15 heteroatoms. The van der Waals surface area contributed by atoms with Crippen LogP contribution in [0, 0.1) is 0 Å². The summed E-state index contributed by atoms with van der Waals surface area (Å²) < 4.78 is 51.8. The Hall–Kier alpha value is -4.14. The highest BCUT2D eigenvalue weighted by Crippen LogP contribution is 2.47. The van der Waals surface area contributed by atoms with Gasteiger partial charge in [0, 0.05) is 0 Å². The lowest BCUT2D eigenvalue weighted by atomic mass is 9.80. The number of ether oxygens (including phenoxy) is 4. The van der Waals surface area contributed by atoms with Crippen molar-refractivity contribution in [3.63, 3.8) is 0 Å². The summed E-state index contributed by atoms with van der Waals surface area (Å²) in [6, 6.07) is 25.2. The second-order valence-electron chi connectivity index (χ2n) is 14.1. The van der Waals surface area contributed by atoms with Gasteiger partial charge in [0.15, 0.2) is 25.7 Å². The van der Waals surface area contributed by atoms with Crippen molar-refractivity contribution in [2.24, 2.45) is 0 Å². The topological polar surface area (TPSA) is 156 Å². The van der Waals surface area contributed by atoms with E-state index in [1.807, 2.05) is 78.9 Å². The fourth-order valence-electron chi connectivity index (χ4n) is 6.30. The molecule has 2 N–H and O–H groups in total. The number of imidazole rings is 1. The third-order valence-corrected chi connectivity index (χ3v) is 15.0. The molecular formula is C37H45N4O9PSi. The number of aromatic nitrogens is 4. The molecule has 0 spiro atoms. The van der Waals surface area contributed by atoms with Gasteiger partial charge in [0.25, 0.3) is 5.56 Å². The first-order chi connectivity index (χ1) is 24.8. The fraction of sp³-hybridized carbons (Fsp3) is 0.378. The predicted molar refractivity (Wildman–Crippen MR) is 198 cm³/mol. The van der Waals surface area contributed by atoms with Crippen LogP contribution in [0.3, 0.4) is 0 Å². The molecule has 0 radical (unpaired) electrons. The number of nitrogens with zero attached hydrogens (tertiary/aromatic N) is 3. The molecule has 1 fully saturated rings. The summed E-state index contributed by atoms with van der Waals surface area (Å²) in [6.45, 7) is 10.5. The number of hydrogen-bond acceptors (Lipinski definition) is 10. The van der Waals surface area contributed by atoms with Gasteiger partial charge in [0.1, 0.15) is 35.4 Å². The zero-order valence-electron chi connectivity index (χ0n) is 30.2. The number of fused-ring (bicyclic) bond motifs is 1. The Balaban J connectivity index is 1.50. The standard InChI is InChI=1S/C37H45N4O9PSi/c1-36(2,3)52(6,7)50-31-29(48-35(32(31)49-51(43)44)41-23-40-30-33(41)38-22-39-34(30)42)21-47-37(24-11-9-8-10-12-24,25-13-17-27(45-4)18-14-25)26-15-19-28(46-5)20-16-26/h8-20,22-23,29,31-32,35,51H,21H2,1-7H3,(H,43,44)(H,38,39,42)/t29-,31-,32-,35-/m1/s1. The van der Waals surface area contributed by atoms with Gasteiger partial charge in [0.05, 0.1) is 33.5 Å². The Kier molecular flexibility index (Phi) is 10.9. The van der Waals surface area contributed by atoms with Crippen LogP contribution in [0.25, 0.3) is 11.2 Å². The van der Waals surface area contributed by atoms with Crippen LogP contribution in [0.1, 0.15) is 43.7 Å². The molecule has 0 saturated carbocycles. The van der Waals surface area contributed by atoms with Gasteiger partial charge in [-0.2, -0.15) is 0 Å². The molecule has 5 atom stereocenters. The third kappa shape index (κ3) is 7.24. The Labute approximate surface area is 303 Å². The summed E-state index contributed by atoms with van der Waals surface area (Å²) in [5.74, 6) is 1.37. The lowest BCUT2D eigenvalue weighted by Gasteiger charge is -2.41. The van der Waals surface area contributed by atoms with Crippen molar-refractivity contribution >= 4 is 27.7 Å². The fourth-order valence-corrected chi connectivity index (χ4v) is 8.10. The van der Waals surface area contributed by atoms with Crippen LogP contribution in [0.5, 0.6) is 11.5 Å². The molecule has 52 heavy (non-hydrogen) atoms. The lowest BCUT2D eigenvalue weighted by molar-refractivity contribution is -0.0926. The summed E-state index contributed by atoms with van der Waals surface area (Å²) in [5, 5.41) is -0.234. The Morgan fingerprint density at radius 2 is 1.46 bits per heavy atom. The van der Waals surface area contributed by atoms with Crippen LogP contribution in [-0.2, 0) is 28.6 Å². The van der Waals surface area contributed by atoms with Crippen molar-refractivity contribution in [3.8, 4) is 11.5 Å². The van der Waals surface area contributed by atoms with Crippen LogP contribution >= 0.6 is 8.25 Å². The molecule has 3 heterocycles. The van der Waals surface area contributed by atoms with Gasteiger partial charge in [-0.05, 0) is 59.1 Å².